The molecule has 7 nitrogen and oxygen atoms in total. The van der Waals surface area contributed by atoms with E-state index in [0.29, 0.717) is 50.3 Å². The van der Waals surface area contributed by atoms with Crippen molar-refractivity contribution in [2.45, 2.75) is 25.3 Å². The lowest BCUT2D eigenvalue weighted by atomic mass is 10.0. The molecule has 0 atom stereocenters. The van der Waals surface area contributed by atoms with E-state index in [1.165, 1.54) is 10.0 Å². The molecule has 0 spiro atoms. The van der Waals surface area contributed by atoms with Crippen LogP contribution >= 0.6 is 23.2 Å². The Hall–Kier alpha value is -4.63. The summed E-state index contributed by atoms with van der Waals surface area (Å²) in [6.07, 6.45) is 4.58. The third-order valence-corrected chi connectivity index (χ3v) is 9.69. The summed E-state index contributed by atoms with van der Waals surface area (Å²) in [5.41, 5.74) is 5.00. The van der Waals surface area contributed by atoms with Crippen LogP contribution in [-0.2, 0) is 26.1 Å². The fourth-order valence-corrected chi connectivity index (χ4v) is 6.97. The van der Waals surface area contributed by atoms with Crippen molar-refractivity contribution in [2.24, 2.45) is 0 Å². The predicted octanol–water partition coefficient (Wildman–Crippen LogP) is 8.65. The van der Waals surface area contributed by atoms with Crippen molar-refractivity contribution in [2.75, 3.05) is 6.61 Å². The quantitative estimate of drug-likeness (QED) is 0.114. The first-order valence-electron chi connectivity index (χ1n) is 14.5. The van der Waals surface area contributed by atoms with Gasteiger partial charge in [-0.05, 0) is 61.9 Å². The molecule has 0 aliphatic heterocycles. The molecule has 0 bridgehead atoms. The Morgan fingerprint density at radius 3 is 2.30 bits per heavy atom. The van der Waals surface area contributed by atoms with Gasteiger partial charge in [0.05, 0.1) is 28.4 Å². The number of imidazole rings is 1. The highest BCUT2D eigenvalue weighted by atomic mass is 35.5. The van der Waals surface area contributed by atoms with Crippen molar-refractivity contribution in [3.8, 4) is 22.5 Å². The third-order valence-electron chi connectivity index (χ3n) is 7.52. The van der Waals surface area contributed by atoms with Crippen LogP contribution in [0, 0.1) is 6.92 Å². The van der Waals surface area contributed by atoms with Gasteiger partial charge in [-0.3, -0.25) is 0 Å². The monoisotopic (exact) mass is 669 g/mol. The van der Waals surface area contributed by atoms with Gasteiger partial charge in [-0.2, -0.15) is 0 Å². The van der Waals surface area contributed by atoms with Crippen LogP contribution in [0.15, 0.2) is 114 Å². The van der Waals surface area contributed by atoms with Crippen LogP contribution in [0.1, 0.15) is 23.9 Å². The first kappa shape index (κ1) is 31.4. The van der Waals surface area contributed by atoms with E-state index < -0.39 is 16.0 Å². The van der Waals surface area contributed by atoms with Crippen molar-refractivity contribution in [1.82, 2.24) is 13.5 Å². The van der Waals surface area contributed by atoms with Gasteiger partial charge in [0.25, 0.3) is 10.0 Å². The van der Waals surface area contributed by atoms with Crippen LogP contribution in [0.2, 0.25) is 10.0 Å². The van der Waals surface area contributed by atoms with E-state index in [1.54, 1.807) is 55.6 Å². The average molecular weight is 671 g/mol. The minimum Gasteiger partial charge on any atom is -0.463 e. The molecule has 0 N–H and O–H groups in total. The van der Waals surface area contributed by atoms with Gasteiger partial charge in [-0.15, -0.1) is 0 Å². The van der Waals surface area contributed by atoms with Crippen LogP contribution in [0.4, 0.5) is 0 Å². The summed E-state index contributed by atoms with van der Waals surface area (Å²) in [6, 6.07) is 29.0. The molecule has 0 radical (unpaired) electrons. The molecule has 6 rings (SSSR count). The van der Waals surface area contributed by atoms with Gasteiger partial charge in [0.1, 0.15) is 5.82 Å². The van der Waals surface area contributed by atoms with Crippen LogP contribution in [0.25, 0.3) is 39.5 Å². The first-order valence-corrected chi connectivity index (χ1v) is 16.7. The highest BCUT2D eigenvalue weighted by molar-refractivity contribution is 7.90. The zero-order valence-corrected chi connectivity index (χ0v) is 27.4. The molecule has 0 unspecified atom stereocenters. The number of ether oxygens (including phenoxy) is 1. The molecule has 0 aliphatic rings. The standard InChI is InChI=1S/C36H29Cl2N3O4S/c1-3-45-34(42)20-19-33-39-35(26-7-5-4-6-8-26)36(40(33)22-25-11-13-27(37)14-12-25)31-23-41(32-21-28(38)15-18-30(31)32)46(43,44)29-16-9-24(2)10-17-29/h4-21,23H,3,22H2,1-2H3/b20-19+. The second-order valence-corrected chi connectivity index (χ2v) is 13.3. The Kier molecular flexibility index (Phi) is 8.86. The SMILES string of the molecule is CCOC(=O)/C=C/c1nc(-c2ccccc2)c(-c2cn(S(=O)(=O)c3ccc(C)cc3)c3cc(Cl)ccc23)n1Cc1ccc(Cl)cc1. The molecule has 2 heterocycles. The maximum absolute atomic E-state index is 14.1. The highest BCUT2D eigenvalue weighted by Gasteiger charge is 2.27. The Labute approximate surface area is 277 Å². The van der Waals surface area contributed by atoms with E-state index in [2.05, 4.69) is 0 Å². The average Bonchev–Trinajstić information content (AvgIpc) is 3.60. The summed E-state index contributed by atoms with van der Waals surface area (Å²) in [5.74, 6) is -0.0186. The Morgan fingerprint density at radius 2 is 1.61 bits per heavy atom. The smallest absolute Gasteiger partial charge is 0.330 e. The molecule has 0 saturated carbocycles. The van der Waals surface area contributed by atoms with Crippen molar-refractivity contribution in [3.05, 3.63) is 136 Å². The second kappa shape index (κ2) is 13.0. The number of halogens is 2. The minimum atomic E-state index is -4.02. The zero-order valence-electron chi connectivity index (χ0n) is 25.0. The van der Waals surface area contributed by atoms with Gasteiger partial charge in [0, 0.05) is 45.4 Å². The maximum atomic E-state index is 14.1. The fraction of sp³-hybridized carbons (Fsp3) is 0.111. The number of benzene rings is 4. The lowest BCUT2D eigenvalue weighted by Gasteiger charge is -2.12. The Bertz CT molecular complexity index is 2190. The molecule has 6 aromatic rings. The summed E-state index contributed by atoms with van der Waals surface area (Å²) >= 11 is 12.7. The molecule has 0 fully saturated rings. The molecular weight excluding hydrogens is 641 g/mol. The topological polar surface area (TPSA) is 83.2 Å². The summed E-state index contributed by atoms with van der Waals surface area (Å²) in [6.45, 7) is 4.23. The number of carbonyl (C=O) groups excluding carboxylic acids is 1. The van der Waals surface area contributed by atoms with E-state index in [-0.39, 0.29) is 11.5 Å². The molecular formula is C36H29Cl2N3O4S. The Morgan fingerprint density at radius 1 is 0.913 bits per heavy atom. The van der Waals surface area contributed by atoms with Gasteiger partial charge < -0.3 is 9.30 Å². The van der Waals surface area contributed by atoms with Crippen LogP contribution in [0.3, 0.4) is 0 Å². The van der Waals surface area contributed by atoms with Crippen molar-refractivity contribution in [1.29, 1.82) is 0 Å². The van der Waals surface area contributed by atoms with Gasteiger partial charge >= 0.3 is 5.97 Å². The number of nitrogens with zero attached hydrogens (tertiary/aromatic N) is 3. The summed E-state index contributed by atoms with van der Waals surface area (Å²) in [4.78, 5) is 17.6. The number of rotatable bonds is 9. The first-order chi connectivity index (χ1) is 22.2. The number of hydrogen-bond acceptors (Lipinski definition) is 5. The zero-order chi connectivity index (χ0) is 32.4. The van der Waals surface area contributed by atoms with E-state index in [1.807, 2.05) is 72.2 Å². The van der Waals surface area contributed by atoms with Gasteiger partial charge in [-0.1, -0.05) is 89.4 Å². The second-order valence-electron chi connectivity index (χ2n) is 10.6. The normalized spacial score (nSPS) is 11.8. The van der Waals surface area contributed by atoms with E-state index in [0.717, 1.165) is 16.7 Å². The van der Waals surface area contributed by atoms with E-state index >= 15 is 0 Å². The summed E-state index contributed by atoms with van der Waals surface area (Å²) < 4.78 is 36.7. The molecule has 10 heteroatoms. The molecule has 4 aromatic carbocycles. The van der Waals surface area contributed by atoms with Crippen molar-refractivity contribution < 1.29 is 17.9 Å². The molecule has 2 aromatic heterocycles. The molecule has 232 valence electrons. The number of aromatic nitrogens is 3. The maximum Gasteiger partial charge on any atom is 0.330 e. The minimum absolute atomic E-state index is 0.150. The van der Waals surface area contributed by atoms with Crippen molar-refractivity contribution >= 4 is 56.2 Å². The van der Waals surface area contributed by atoms with Crippen LogP contribution < -0.4 is 0 Å². The van der Waals surface area contributed by atoms with E-state index in [9.17, 15) is 13.2 Å². The molecule has 46 heavy (non-hydrogen) atoms. The largest absolute Gasteiger partial charge is 0.463 e. The highest BCUT2D eigenvalue weighted by Crippen LogP contribution is 2.40. The summed E-state index contributed by atoms with van der Waals surface area (Å²) in [7, 11) is -4.02. The molecule has 0 amide bonds. The van der Waals surface area contributed by atoms with Gasteiger partial charge in [0.15, 0.2) is 0 Å². The summed E-state index contributed by atoms with van der Waals surface area (Å²) in [5, 5.41) is 1.66. The van der Waals surface area contributed by atoms with E-state index in [4.69, 9.17) is 32.9 Å². The molecule has 0 aliphatic carbocycles. The lowest BCUT2D eigenvalue weighted by molar-refractivity contribution is -0.137. The van der Waals surface area contributed by atoms with Crippen molar-refractivity contribution in [3.63, 3.8) is 0 Å². The lowest BCUT2D eigenvalue weighted by Crippen LogP contribution is -2.11. The number of hydrogen-bond donors (Lipinski definition) is 0. The molecule has 0 saturated heterocycles. The van der Waals surface area contributed by atoms with Crippen LogP contribution in [-0.4, -0.2) is 34.5 Å². The predicted molar refractivity (Wildman–Crippen MR) is 184 cm³/mol. The van der Waals surface area contributed by atoms with Crippen LogP contribution in [0.5, 0.6) is 0 Å². The number of fused-ring (bicyclic) bond motifs is 1. The Balaban J connectivity index is 1.67. The van der Waals surface area contributed by atoms with Gasteiger partial charge in [-0.25, -0.2) is 22.2 Å². The third kappa shape index (κ3) is 6.24. The number of carbonyl (C=O) groups is 1. The number of esters is 1. The fourth-order valence-electron chi connectivity index (χ4n) is 5.32. The number of aryl methyl sites for hydroxylation is 1. The van der Waals surface area contributed by atoms with Gasteiger partial charge in [0.2, 0.25) is 0 Å².